The van der Waals surface area contributed by atoms with Crippen molar-refractivity contribution < 1.29 is 9.84 Å². The Hall–Kier alpha value is -0.770. The first kappa shape index (κ1) is 14.3. The maximum absolute atomic E-state index is 8.81. The van der Waals surface area contributed by atoms with E-state index in [1.807, 2.05) is 18.2 Å². The van der Waals surface area contributed by atoms with Gasteiger partial charge in [-0.05, 0) is 37.1 Å². The predicted molar refractivity (Wildman–Crippen MR) is 70.6 cm³/mol. The van der Waals surface area contributed by atoms with Gasteiger partial charge in [-0.25, -0.2) is 0 Å². The average molecular weight is 258 g/mol. The van der Waals surface area contributed by atoms with Crippen LogP contribution < -0.4 is 10.1 Å². The van der Waals surface area contributed by atoms with Gasteiger partial charge in [0.1, 0.15) is 5.75 Å². The molecule has 0 heterocycles. The van der Waals surface area contributed by atoms with Crippen molar-refractivity contribution in [2.45, 2.75) is 19.9 Å². The first-order chi connectivity index (χ1) is 8.17. The second-order valence-electron chi connectivity index (χ2n) is 4.20. The largest absolute Gasteiger partial charge is 0.496 e. The van der Waals surface area contributed by atoms with Crippen LogP contribution in [0.25, 0.3) is 0 Å². The number of rotatable bonds is 7. The predicted octanol–water partition coefficient (Wildman–Crippen LogP) is 2.46. The molecule has 1 unspecified atom stereocenters. The SMILES string of the molecule is COc1ccc(Cl)cc1CNCC(C)CCO. The highest BCUT2D eigenvalue weighted by molar-refractivity contribution is 6.30. The van der Waals surface area contributed by atoms with Crippen LogP contribution in [0.15, 0.2) is 18.2 Å². The molecule has 0 aliphatic heterocycles. The third-order valence-electron chi connectivity index (χ3n) is 2.67. The number of methoxy groups -OCH3 is 1. The summed E-state index contributed by atoms with van der Waals surface area (Å²) in [6, 6.07) is 5.60. The van der Waals surface area contributed by atoms with E-state index >= 15 is 0 Å². The van der Waals surface area contributed by atoms with Gasteiger partial charge in [0, 0.05) is 23.7 Å². The Morgan fingerprint density at radius 2 is 2.24 bits per heavy atom. The molecule has 1 aromatic carbocycles. The van der Waals surface area contributed by atoms with Crippen LogP contribution in [-0.4, -0.2) is 25.4 Å². The van der Waals surface area contributed by atoms with E-state index in [1.165, 1.54) is 0 Å². The normalized spacial score (nSPS) is 12.5. The fourth-order valence-corrected chi connectivity index (χ4v) is 1.86. The monoisotopic (exact) mass is 257 g/mol. The maximum Gasteiger partial charge on any atom is 0.123 e. The molecule has 0 aliphatic rings. The second kappa shape index (κ2) is 7.54. The van der Waals surface area contributed by atoms with Crippen molar-refractivity contribution >= 4 is 11.6 Å². The highest BCUT2D eigenvalue weighted by atomic mass is 35.5. The smallest absolute Gasteiger partial charge is 0.123 e. The minimum Gasteiger partial charge on any atom is -0.496 e. The molecule has 0 amide bonds. The zero-order chi connectivity index (χ0) is 12.7. The molecule has 1 atom stereocenters. The molecule has 0 radical (unpaired) electrons. The van der Waals surface area contributed by atoms with Gasteiger partial charge < -0.3 is 15.2 Å². The summed E-state index contributed by atoms with van der Waals surface area (Å²) in [4.78, 5) is 0. The van der Waals surface area contributed by atoms with Gasteiger partial charge in [0.25, 0.3) is 0 Å². The first-order valence-corrected chi connectivity index (χ1v) is 6.19. The summed E-state index contributed by atoms with van der Waals surface area (Å²) < 4.78 is 5.27. The molecule has 0 aliphatic carbocycles. The van der Waals surface area contributed by atoms with Crippen LogP contribution in [0.1, 0.15) is 18.9 Å². The second-order valence-corrected chi connectivity index (χ2v) is 4.64. The number of nitrogens with one attached hydrogen (secondary N) is 1. The standard InChI is InChI=1S/C13H20ClNO2/c1-10(5-6-16)8-15-9-11-7-12(14)3-4-13(11)17-2/h3-4,7,10,15-16H,5-6,8-9H2,1-2H3. The summed E-state index contributed by atoms with van der Waals surface area (Å²) in [5.74, 6) is 1.31. The summed E-state index contributed by atoms with van der Waals surface area (Å²) >= 11 is 5.95. The molecule has 0 saturated heterocycles. The van der Waals surface area contributed by atoms with Crippen molar-refractivity contribution in [3.05, 3.63) is 28.8 Å². The van der Waals surface area contributed by atoms with Gasteiger partial charge >= 0.3 is 0 Å². The molecule has 3 nitrogen and oxygen atoms in total. The van der Waals surface area contributed by atoms with E-state index in [4.69, 9.17) is 21.4 Å². The van der Waals surface area contributed by atoms with Crippen LogP contribution in [0, 0.1) is 5.92 Å². The third kappa shape index (κ3) is 4.94. The number of aliphatic hydroxyl groups is 1. The Bertz CT molecular complexity index is 344. The van der Waals surface area contributed by atoms with Crippen molar-refractivity contribution in [3.63, 3.8) is 0 Å². The van der Waals surface area contributed by atoms with Crippen LogP contribution in [0.5, 0.6) is 5.75 Å². The number of halogens is 1. The summed E-state index contributed by atoms with van der Waals surface area (Å²) in [5.41, 5.74) is 1.05. The molecule has 0 aromatic heterocycles. The van der Waals surface area contributed by atoms with Gasteiger partial charge in [0.2, 0.25) is 0 Å². The highest BCUT2D eigenvalue weighted by Gasteiger charge is 2.05. The van der Waals surface area contributed by atoms with Gasteiger partial charge in [0.05, 0.1) is 7.11 Å². The molecule has 0 bridgehead atoms. The maximum atomic E-state index is 8.81. The summed E-state index contributed by atoms with van der Waals surface area (Å²) in [7, 11) is 1.65. The van der Waals surface area contributed by atoms with Crippen molar-refractivity contribution in [2.75, 3.05) is 20.3 Å². The highest BCUT2D eigenvalue weighted by Crippen LogP contribution is 2.22. The molecule has 0 fully saturated rings. The van der Waals surface area contributed by atoms with E-state index in [0.717, 1.165) is 30.8 Å². The van der Waals surface area contributed by atoms with Gasteiger partial charge in [0.15, 0.2) is 0 Å². The molecule has 17 heavy (non-hydrogen) atoms. The minimum absolute atomic E-state index is 0.239. The number of hydrogen-bond acceptors (Lipinski definition) is 3. The fourth-order valence-electron chi connectivity index (χ4n) is 1.66. The molecule has 0 saturated carbocycles. The molecular formula is C13H20ClNO2. The van der Waals surface area contributed by atoms with Gasteiger partial charge in [-0.2, -0.15) is 0 Å². The van der Waals surface area contributed by atoms with E-state index < -0.39 is 0 Å². The number of aliphatic hydroxyl groups excluding tert-OH is 1. The molecule has 96 valence electrons. The molecule has 2 N–H and O–H groups in total. The van der Waals surface area contributed by atoms with Crippen LogP contribution in [0.3, 0.4) is 0 Å². The topological polar surface area (TPSA) is 41.5 Å². The molecule has 1 rings (SSSR count). The van der Waals surface area contributed by atoms with Gasteiger partial charge in [-0.1, -0.05) is 18.5 Å². The van der Waals surface area contributed by atoms with E-state index in [-0.39, 0.29) is 6.61 Å². The Labute approximate surface area is 108 Å². The van der Waals surface area contributed by atoms with Gasteiger partial charge in [-0.15, -0.1) is 0 Å². The van der Waals surface area contributed by atoms with Crippen LogP contribution in [0.4, 0.5) is 0 Å². The molecular weight excluding hydrogens is 238 g/mol. The fraction of sp³-hybridized carbons (Fsp3) is 0.538. The van der Waals surface area contributed by atoms with E-state index in [1.54, 1.807) is 7.11 Å². The zero-order valence-corrected chi connectivity index (χ0v) is 11.1. The van der Waals surface area contributed by atoms with Crippen LogP contribution >= 0.6 is 11.6 Å². The first-order valence-electron chi connectivity index (χ1n) is 5.81. The van der Waals surface area contributed by atoms with Crippen LogP contribution in [0.2, 0.25) is 5.02 Å². The Morgan fingerprint density at radius 1 is 1.47 bits per heavy atom. The van der Waals surface area contributed by atoms with Crippen molar-refractivity contribution in [2.24, 2.45) is 5.92 Å². The molecule has 0 spiro atoms. The van der Waals surface area contributed by atoms with Gasteiger partial charge in [-0.3, -0.25) is 0 Å². The number of ether oxygens (including phenoxy) is 1. The Balaban J connectivity index is 2.48. The Morgan fingerprint density at radius 3 is 2.88 bits per heavy atom. The summed E-state index contributed by atoms with van der Waals surface area (Å²) in [6.45, 7) is 3.94. The summed E-state index contributed by atoms with van der Waals surface area (Å²) in [6.07, 6.45) is 0.819. The lowest BCUT2D eigenvalue weighted by Gasteiger charge is -2.13. The molecule has 4 heteroatoms. The minimum atomic E-state index is 0.239. The number of benzene rings is 1. The molecule has 1 aromatic rings. The lowest BCUT2D eigenvalue weighted by atomic mass is 10.1. The average Bonchev–Trinajstić information content (AvgIpc) is 2.30. The lowest BCUT2D eigenvalue weighted by molar-refractivity contribution is 0.260. The van der Waals surface area contributed by atoms with E-state index in [9.17, 15) is 0 Å². The Kier molecular flexibility index (Phi) is 6.34. The van der Waals surface area contributed by atoms with Crippen molar-refractivity contribution in [3.8, 4) is 5.75 Å². The lowest BCUT2D eigenvalue weighted by Crippen LogP contribution is -2.21. The summed E-state index contributed by atoms with van der Waals surface area (Å²) in [5, 5.41) is 12.9. The van der Waals surface area contributed by atoms with Crippen molar-refractivity contribution in [1.82, 2.24) is 5.32 Å². The van der Waals surface area contributed by atoms with E-state index in [2.05, 4.69) is 12.2 Å². The number of hydrogen-bond donors (Lipinski definition) is 2. The zero-order valence-electron chi connectivity index (χ0n) is 10.4. The van der Waals surface area contributed by atoms with Crippen LogP contribution in [-0.2, 0) is 6.54 Å². The van der Waals surface area contributed by atoms with E-state index in [0.29, 0.717) is 10.9 Å². The quantitative estimate of drug-likeness (QED) is 0.789. The third-order valence-corrected chi connectivity index (χ3v) is 2.91. The van der Waals surface area contributed by atoms with Crippen molar-refractivity contribution in [1.29, 1.82) is 0 Å².